The molecule has 0 aliphatic rings. The van der Waals surface area contributed by atoms with E-state index in [1.165, 1.54) is 11.8 Å². The van der Waals surface area contributed by atoms with Crippen LogP contribution in [0.15, 0.2) is 83.9 Å². The Balaban J connectivity index is 1.75. The summed E-state index contributed by atoms with van der Waals surface area (Å²) < 4.78 is 5.30. The van der Waals surface area contributed by atoms with Crippen LogP contribution in [0.1, 0.15) is 23.6 Å². The van der Waals surface area contributed by atoms with Crippen LogP contribution < -0.4 is 10.1 Å². The van der Waals surface area contributed by atoms with Crippen molar-refractivity contribution in [3.8, 4) is 34.2 Å². The number of aromatic nitrogens is 1. The second-order valence-electron chi connectivity index (χ2n) is 8.51. The van der Waals surface area contributed by atoms with Gasteiger partial charge in [0.2, 0.25) is 5.91 Å². The summed E-state index contributed by atoms with van der Waals surface area (Å²) in [4.78, 5) is 17.9. The minimum absolute atomic E-state index is 0.147. The lowest BCUT2D eigenvalue weighted by Crippen LogP contribution is -2.23. The fraction of sp³-hybridized carbons (Fsp3) is 0.167. The van der Waals surface area contributed by atoms with Gasteiger partial charge in [0.15, 0.2) is 0 Å². The quantitative estimate of drug-likeness (QED) is 0.280. The fourth-order valence-electron chi connectivity index (χ4n) is 3.75. The van der Waals surface area contributed by atoms with Gasteiger partial charge in [-0.05, 0) is 56.2 Å². The van der Waals surface area contributed by atoms with Gasteiger partial charge in [-0.15, -0.1) is 0 Å². The molecule has 1 aromatic heterocycles. The van der Waals surface area contributed by atoms with Gasteiger partial charge in [-0.3, -0.25) is 4.79 Å². The van der Waals surface area contributed by atoms with Crippen molar-refractivity contribution in [1.82, 2.24) is 4.98 Å². The minimum atomic E-state index is -0.471. The third-order valence-corrected chi connectivity index (χ3v) is 6.99. The molecule has 0 radical (unpaired) electrons. The first kappa shape index (κ1) is 25.0. The number of rotatable bonds is 7. The molecule has 5 nitrogen and oxygen atoms in total. The van der Waals surface area contributed by atoms with E-state index in [0.29, 0.717) is 10.6 Å². The Hall–Kier alpha value is -4.08. The van der Waals surface area contributed by atoms with Crippen molar-refractivity contribution >= 4 is 23.4 Å². The van der Waals surface area contributed by atoms with Crippen molar-refractivity contribution in [3.63, 3.8) is 0 Å². The standard InChI is InChI=1S/C30H27N3O2S/c1-19-9-11-23(12-10-19)28-17-25(22-13-15-24(35-4)16-14-22)26(18-31)30(33-28)36-21(3)29(34)32-27-8-6-5-7-20(27)2/h5-17,21H,1-4H3,(H,32,34)/t21-/m0/s1. The number of amides is 1. The number of para-hydroxylation sites is 1. The van der Waals surface area contributed by atoms with E-state index in [0.717, 1.165) is 44.9 Å². The van der Waals surface area contributed by atoms with E-state index in [1.54, 1.807) is 7.11 Å². The highest BCUT2D eigenvalue weighted by molar-refractivity contribution is 8.00. The second-order valence-corrected chi connectivity index (χ2v) is 9.84. The zero-order valence-corrected chi connectivity index (χ0v) is 21.5. The first-order valence-corrected chi connectivity index (χ1v) is 12.5. The van der Waals surface area contributed by atoms with Gasteiger partial charge in [0.05, 0.1) is 23.6 Å². The summed E-state index contributed by atoms with van der Waals surface area (Å²) in [6, 6.07) is 27.6. The molecular formula is C30H27N3O2S. The smallest absolute Gasteiger partial charge is 0.237 e. The molecule has 180 valence electrons. The third kappa shape index (κ3) is 5.59. The Morgan fingerprint density at radius 2 is 1.67 bits per heavy atom. The van der Waals surface area contributed by atoms with Gasteiger partial charge in [0, 0.05) is 16.8 Å². The number of aryl methyl sites for hydroxylation is 2. The average Bonchev–Trinajstić information content (AvgIpc) is 2.90. The van der Waals surface area contributed by atoms with Gasteiger partial charge >= 0.3 is 0 Å². The van der Waals surface area contributed by atoms with Crippen LogP contribution in [0.25, 0.3) is 22.4 Å². The molecule has 1 atom stereocenters. The van der Waals surface area contributed by atoms with Crippen LogP contribution in [0.3, 0.4) is 0 Å². The van der Waals surface area contributed by atoms with Crippen LogP contribution in [0.4, 0.5) is 5.69 Å². The molecule has 1 amide bonds. The molecule has 0 fully saturated rings. The van der Waals surface area contributed by atoms with Crippen molar-refractivity contribution in [2.75, 3.05) is 12.4 Å². The Morgan fingerprint density at radius 1 is 1.00 bits per heavy atom. The molecule has 0 aliphatic heterocycles. The number of pyridine rings is 1. The highest BCUT2D eigenvalue weighted by atomic mass is 32.2. The molecule has 6 heteroatoms. The zero-order chi connectivity index (χ0) is 25.7. The predicted octanol–water partition coefficient (Wildman–Crippen LogP) is 7.03. The second kappa shape index (κ2) is 11.1. The number of nitriles is 1. The van der Waals surface area contributed by atoms with Crippen molar-refractivity contribution < 1.29 is 9.53 Å². The van der Waals surface area contributed by atoms with Crippen molar-refractivity contribution in [3.05, 3.63) is 95.6 Å². The van der Waals surface area contributed by atoms with E-state index in [1.807, 2.05) is 99.6 Å². The number of nitrogens with zero attached hydrogens (tertiary/aromatic N) is 2. The molecule has 36 heavy (non-hydrogen) atoms. The lowest BCUT2D eigenvalue weighted by atomic mass is 9.99. The maximum absolute atomic E-state index is 13.0. The molecule has 0 saturated heterocycles. The predicted molar refractivity (Wildman–Crippen MR) is 146 cm³/mol. The van der Waals surface area contributed by atoms with E-state index in [4.69, 9.17) is 9.72 Å². The normalized spacial score (nSPS) is 11.4. The summed E-state index contributed by atoms with van der Waals surface area (Å²) in [5.41, 5.74) is 6.68. The minimum Gasteiger partial charge on any atom is -0.497 e. The molecule has 1 heterocycles. The Morgan fingerprint density at radius 3 is 2.31 bits per heavy atom. The van der Waals surface area contributed by atoms with E-state index < -0.39 is 5.25 Å². The maximum atomic E-state index is 13.0. The molecule has 0 unspecified atom stereocenters. The molecule has 0 bridgehead atoms. The van der Waals surface area contributed by atoms with Crippen LogP contribution in [-0.2, 0) is 4.79 Å². The van der Waals surface area contributed by atoms with Gasteiger partial charge in [-0.25, -0.2) is 4.98 Å². The number of methoxy groups -OCH3 is 1. The largest absolute Gasteiger partial charge is 0.497 e. The summed E-state index contributed by atoms with van der Waals surface area (Å²) in [6.07, 6.45) is 0. The zero-order valence-electron chi connectivity index (χ0n) is 20.7. The molecule has 3 aromatic carbocycles. The van der Waals surface area contributed by atoms with E-state index in [2.05, 4.69) is 11.4 Å². The Bertz CT molecular complexity index is 1420. The summed E-state index contributed by atoms with van der Waals surface area (Å²) >= 11 is 1.29. The third-order valence-electron chi connectivity index (χ3n) is 5.91. The molecule has 0 saturated carbocycles. The monoisotopic (exact) mass is 493 g/mol. The Labute approximate surface area is 216 Å². The fourth-order valence-corrected chi connectivity index (χ4v) is 4.68. The molecular weight excluding hydrogens is 466 g/mol. The van der Waals surface area contributed by atoms with Gasteiger partial charge in [0.1, 0.15) is 16.8 Å². The number of hydrogen-bond acceptors (Lipinski definition) is 5. The number of anilines is 1. The molecule has 4 rings (SSSR count). The van der Waals surface area contributed by atoms with Gasteiger partial charge in [-0.1, -0.05) is 71.9 Å². The first-order chi connectivity index (χ1) is 17.4. The lowest BCUT2D eigenvalue weighted by Gasteiger charge is -2.16. The van der Waals surface area contributed by atoms with E-state index in [9.17, 15) is 10.1 Å². The van der Waals surface area contributed by atoms with Crippen molar-refractivity contribution in [2.24, 2.45) is 0 Å². The molecule has 0 spiro atoms. The van der Waals surface area contributed by atoms with Crippen LogP contribution in [-0.4, -0.2) is 23.3 Å². The number of thioether (sulfide) groups is 1. The van der Waals surface area contributed by atoms with Crippen molar-refractivity contribution in [2.45, 2.75) is 31.0 Å². The van der Waals surface area contributed by atoms with E-state index in [-0.39, 0.29) is 5.91 Å². The van der Waals surface area contributed by atoms with Crippen LogP contribution >= 0.6 is 11.8 Å². The number of nitrogens with one attached hydrogen (secondary N) is 1. The SMILES string of the molecule is COc1ccc(-c2cc(-c3ccc(C)cc3)nc(S[C@@H](C)C(=O)Nc3ccccc3C)c2C#N)cc1. The molecule has 1 N–H and O–H groups in total. The number of carbonyl (C=O) groups excluding carboxylic acids is 1. The highest BCUT2D eigenvalue weighted by Crippen LogP contribution is 2.36. The summed E-state index contributed by atoms with van der Waals surface area (Å²) in [6.45, 7) is 5.82. The Kier molecular flexibility index (Phi) is 7.72. The van der Waals surface area contributed by atoms with E-state index >= 15 is 0 Å². The number of hydrogen-bond donors (Lipinski definition) is 1. The summed E-state index contributed by atoms with van der Waals surface area (Å²) in [5, 5.41) is 13.2. The van der Waals surface area contributed by atoms with Crippen molar-refractivity contribution in [1.29, 1.82) is 5.26 Å². The van der Waals surface area contributed by atoms with Crippen LogP contribution in [0, 0.1) is 25.2 Å². The first-order valence-electron chi connectivity index (χ1n) is 11.6. The number of carbonyl (C=O) groups is 1. The van der Waals surface area contributed by atoms with Crippen LogP contribution in [0.5, 0.6) is 5.75 Å². The molecule has 4 aromatic rings. The van der Waals surface area contributed by atoms with Gasteiger partial charge in [0.25, 0.3) is 0 Å². The highest BCUT2D eigenvalue weighted by Gasteiger charge is 2.22. The van der Waals surface area contributed by atoms with Gasteiger partial charge < -0.3 is 10.1 Å². The number of benzene rings is 3. The van der Waals surface area contributed by atoms with Gasteiger partial charge in [-0.2, -0.15) is 5.26 Å². The number of ether oxygens (including phenoxy) is 1. The maximum Gasteiger partial charge on any atom is 0.237 e. The van der Waals surface area contributed by atoms with Crippen LogP contribution in [0.2, 0.25) is 0 Å². The summed E-state index contributed by atoms with van der Waals surface area (Å²) in [7, 11) is 1.62. The molecule has 0 aliphatic carbocycles. The summed E-state index contributed by atoms with van der Waals surface area (Å²) in [5.74, 6) is 0.591. The average molecular weight is 494 g/mol. The lowest BCUT2D eigenvalue weighted by molar-refractivity contribution is -0.115. The topological polar surface area (TPSA) is 75.0 Å².